The molecule has 0 aromatic carbocycles. The van der Waals surface area contributed by atoms with Crippen molar-refractivity contribution >= 4 is 13.5 Å². The molecule has 1 saturated heterocycles. The summed E-state index contributed by atoms with van der Waals surface area (Å²) >= 11 is 0. The average Bonchev–Trinajstić information content (AvgIpc) is 2.65. The molecule has 5 atom stereocenters. The van der Waals surface area contributed by atoms with Crippen LogP contribution in [0.2, 0.25) is 0 Å². The zero-order chi connectivity index (χ0) is 15.8. The third-order valence-corrected chi connectivity index (χ3v) is 3.48. The second kappa shape index (κ2) is 5.80. The van der Waals surface area contributed by atoms with Gasteiger partial charge in [0, 0.05) is 12.7 Å². The van der Waals surface area contributed by atoms with E-state index in [1.54, 1.807) is 0 Å². The van der Waals surface area contributed by atoms with E-state index < -0.39 is 38.2 Å². The third-order valence-electron chi connectivity index (χ3n) is 2.89. The fourth-order valence-electron chi connectivity index (χ4n) is 1.95. The Morgan fingerprint density at radius 3 is 2.76 bits per heavy atom. The molecule has 2 rings (SSSR count). The summed E-state index contributed by atoms with van der Waals surface area (Å²) in [5.41, 5.74) is 5.31. The zero-order valence-electron chi connectivity index (χ0n) is 11.0. The number of nitrogens with zero attached hydrogens (tertiary/aromatic N) is 1. The van der Waals surface area contributed by atoms with Crippen LogP contribution >= 0.6 is 7.60 Å². The molecule has 116 valence electrons. The number of pyridine rings is 1. The number of primary amides is 1. The molecule has 1 amide bonds. The van der Waals surface area contributed by atoms with Crippen molar-refractivity contribution in [2.24, 2.45) is 5.73 Å². The molecule has 1 fully saturated rings. The molecule has 1 aromatic heterocycles. The van der Waals surface area contributed by atoms with Crippen LogP contribution in [0.1, 0.15) is 16.6 Å². The van der Waals surface area contributed by atoms with E-state index >= 15 is 0 Å². The van der Waals surface area contributed by atoms with Crippen LogP contribution in [0, 0.1) is 0 Å². The summed E-state index contributed by atoms with van der Waals surface area (Å²) in [7, 11) is -4.15. The fourth-order valence-corrected chi connectivity index (χ4v) is 2.50. The van der Waals surface area contributed by atoms with Gasteiger partial charge in [0.25, 0.3) is 12.1 Å². The number of aliphatic hydroxyl groups excluding tert-OH is 2. The van der Waals surface area contributed by atoms with Gasteiger partial charge in [-0.05, 0) is 6.07 Å². The minimum absolute atomic E-state index is 0.164. The number of carbonyl (C=O) groups excluding carboxylic acids is 1. The summed E-state index contributed by atoms with van der Waals surface area (Å²) in [4.78, 5) is 22.2. The van der Waals surface area contributed by atoms with Crippen molar-refractivity contribution in [3.05, 3.63) is 30.1 Å². The number of aliphatic hydroxyl groups is 2. The standard InChI is InChI=1S/C11H15N2O7P/c1-21(17,18)20-11-8(15)7(14)10(19-11)13-4-2-3-6(5-13)9(12)16/h2-5,7-8,10-11,14-15H,1H3,(H2-,12,16,17,18)/t7-,8+,10-,11-/m1/s1. The van der Waals surface area contributed by atoms with E-state index in [4.69, 9.17) is 10.5 Å². The maximum absolute atomic E-state index is 11.1. The number of aromatic nitrogens is 1. The minimum atomic E-state index is -4.15. The van der Waals surface area contributed by atoms with Gasteiger partial charge in [-0.15, -0.1) is 0 Å². The Labute approximate surface area is 120 Å². The number of hydrogen-bond donors (Lipinski definition) is 3. The summed E-state index contributed by atoms with van der Waals surface area (Å²) < 4.78 is 22.2. The molecular formula is C11H15N2O7P. The molecule has 2 heterocycles. The predicted octanol–water partition coefficient (Wildman–Crippen LogP) is -2.15. The minimum Gasteiger partial charge on any atom is -0.779 e. The highest BCUT2D eigenvalue weighted by molar-refractivity contribution is 7.50. The number of carbonyl (C=O) groups is 1. The quantitative estimate of drug-likeness (QED) is 0.423. The molecular weight excluding hydrogens is 303 g/mol. The van der Waals surface area contributed by atoms with Crippen molar-refractivity contribution in [2.75, 3.05) is 6.66 Å². The Balaban J connectivity index is 2.23. The zero-order valence-corrected chi connectivity index (χ0v) is 11.9. The van der Waals surface area contributed by atoms with Crippen LogP contribution in [0.25, 0.3) is 0 Å². The molecule has 1 unspecified atom stereocenters. The average molecular weight is 318 g/mol. The first kappa shape index (κ1) is 16.0. The maximum Gasteiger partial charge on any atom is 0.294 e. The van der Waals surface area contributed by atoms with Gasteiger partial charge in [0.2, 0.25) is 0 Å². The van der Waals surface area contributed by atoms with Crippen molar-refractivity contribution in [3.63, 3.8) is 0 Å². The fraction of sp³-hybridized carbons (Fsp3) is 0.455. The van der Waals surface area contributed by atoms with Gasteiger partial charge in [0.1, 0.15) is 19.3 Å². The predicted molar refractivity (Wildman–Crippen MR) is 65.7 cm³/mol. The first-order valence-corrected chi connectivity index (χ1v) is 7.97. The molecule has 0 saturated carbocycles. The van der Waals surface area contributed by atoms with Crippen LogP contribution < -0.4 is 15.2 Å². The summed E-state index contributed by atoms with van der Waals surface area (Å²) in [6.45, 7) is 0.823. The van der Waals surface area contributed by atoms with Gasteiger partial charge in [-0.3, -0.25) is 9.53 Å². The first-order chi connectivity index (χ1) is 9.69. The molecule has 21 heavy (non-hydrogen) atoms. The van der Waals surface area contributed by atoms with E-state index in [0.29, 0.717) is 0 Å². The normalized spacial score (nSPS) is 31.8. The third kappa shape index (κ3) is 3.65. The van der Waals surface area contributed by atoms with Gasteiger partial charge >= 0.3 is 0 Å². The number of ether oxygens (including phenoxy) is 1. The lowest BCUT2D eigenvalue weighted by molar-refractivity contribution is -0.767. The van der Waals surface area contributed by atoms with Crippen LogP contribution in [0.4, 0.5) is 0 Å². The molecule has 9 nitrogen and oxygen atoms in total. The molecule has 1 aliphatic heterocycles. The molecule has 0 bridgehead atoms. The number of nitrogens with two attached hydrogens (primary N) is 1. The summed E-state index contributed by atoms with van der Waals surface area (Å²) in [6, 6.07) is 2.96. The highest BCUT2D eigenvalue weighted by Gasteiger charge is 2.49. The Morgan fingerprint density at radius 1 is 1.52 bits per heavy atom. The van der Waals surface area contributed by atoms with E-state index in [0.717, 1.165) is 6.66 Å². The molecule has 0 aliphatic carbocycles. The smallest absolute Gasteiger partial charge is 0.294 e. The molecule has 0 spiro atoms. The SMILES string of the molecule is CP(=O)([O-])O[C@H]1O[C@@H]([n+]2cccc(C(N)=O)c2)[C@H](O)[C@@H]1O. The molecule has 1 aromatic rings. The Morgan fingerprint density at radius 2 is 2.19 bits per heavy atom. The van der Waals surface area contributed by atoms with Gasteiger partial charge in [-0.2, -0.15) is 4.57 Å². The van der Waals surface area contributed by atoms with Gasteiger partial charge in [-0.1, -0.05) is 0 Å². The van der Waals surface area contributed by atoms with Gasteiger partial charge in [0.15, 0.2) is 24.8 Å². The monoisotopic (exact) mass is 318 g/mol. The summed E-state index contributed by atoms with van der Waals surface area (Å²) in [6.07, 6.45) is -2.85. The second-order valence-corrected chi connectivity index (χ2v) is 6.41. The van der Waals surface area contributed by atoms with Crippen LogP contribution in [0.5, 0.6) is 0 Å². The number of amides is 1. The largest absolute Gasteiger partial charge is 0.779 e. The van der Waals surface area contributed by atoms with Crippen molar-refractivity contribution in [3.8, 4) is 0 Å². The van der Waals surface area contributed by atoms with E-state index in [1.165, 1.54) is 29.1 Å². The number of hydrogen-bond acceptors (Lipinski definition) is 7. The van der Waals surface area contributed by atoms with Crippen molar-refractivity contribution in [1.29, 1.82) is 0 Å². The van der Waals surface area contributed by atoms with Crippen LogP contribution in [-0.4, -0.2) is 41.3 Å². The number of rotatable bonds is 4. The lowest BCUT2D eigenvalue weighted by atomic mass is 10.2. The van der Waals surface area contributed by atoms with E-state index in [9.17, 15) is 24.5 Å². The molecule has 10 heteroatoms. The van der Waals surface area contributed by atoms with Crippen LogP contribution in [0.3, 0.4) is 0 Å². The Hall–Kier alpha value is -1.35. The van der Waals surface area contributed by atoms with E-state index in [-0.39, 0.29) is 5.56 Å². The topological polar surface area (TPSA) is 146 Å². The molecule has 4 N–H and O–H groups in total. The first-order valence-electron chi connectivity index (χ1n) is 5.98. The Kier molecular flexibility index (Phi) is 4.43. The molecule has 1 aliphatic rings. The van der Waals surface area contributed by atoms with Crippen molar-refractivity contribution in [1.82, 2.24) is 0 Å². The van der Waals surface area contributed by atoms with Gasteiger partial charge in [-0.25, -0.2) is 0 Å². The van der Waals surface area contributed by atoms with Gasteiger partial charge in [0.05, 0.1) is 0 Å². The molecule has 0 radical (unpaired) electrons. The van der Waals surface area contributed by atoms with Gasteiger partial charge < -0.3 is 29.9 Å². The summed E-state index contributed by atoms with van der Waals surface area (Å²) in [5, 5.41) is 19.7. The van der Waals surface area contributed by atoms with Crippen molar-refractivity contribution in [2.45, 2.75) is 24.7 Å². The van der Waals surface area contributed by atoms with E-state index in [1.807, 2.05) is 0 Å². The van der Waals surface area contributed by atoms with Crippen LogP contribution in [0.15, 0.2) is 24.5 Å². The summed E-state index contributed by atoms with van der Waals surface area (Å²) in [5.74, 6) is -0.678. The van der Waals surface area contributed by atoms with Crippen molar-refractivity contribution < 1.29 is 38.3 Å². The van der Waals surface area contributed by atoms with E-state index in [2.05, 4.69) is 4.52 Å². The van der Waals surface area contributed by atoms with Crippen LogP contribution in [-0.2, 0) is 13.8 Å². The second-order valence-electron chi connectivity index (χ2n) is 4.66. The maximum atomic E-state index is 11.1. The highest BCUT2D eigenvalue weighted by Crippen LogP contribution is 2.38. The highest BCUT2D eigenvalue weighted by atomic mass is 31.2. The lowest BCUT2D eigenvalue weighted by Gasteiger charge is -2.23. The lowest BCUT2D eigenvalue weighted by Crippen LogP contribution is -2.46. The Bertz CT molecular complexity index is 590.